The van der Waals surface area contributed by atoms with E-state index in [1.807, 2.05) is 0 Å². The summed E-state index contributed by atoms with van der Waals surface area (Å²) < 4.78 is 5.14. The number of fused-ring (bicyclic) bond motifs is 3. The third-order valence-electron chi connectivity index (χ3n) is 4.57. The molecule has 4 heterocycles. The number of nitrogens with one attached hydrogen (secondary N) is 1. The van der Waals surface area contributed by atoms with Crippen LogP contribution in [0, 0.1) is 5.92 Å². The fraction of sp³-hybridized carbons (Fsp3) is 0.400. The zero-order valence-electron chi connectivity index (χ0n) is 11.8. The van der Waals surface area contributed by atoms with Crippen LogP contribution in [0.25, 0.3) is 11.0 Å². The molecule has 4 rings (SSSR count). The lowest BCUT2D eigenvalue weighted by molar-refractivity contribution is 0.0697. The quantitative estimate of drug-likeness (QED) is 0.876. The standard InChI is InChI=1S/C15H15N3O4/c19-14(17-12-6-18-2-1-8(12)5-18)11-3-9-10(15(20)21)7-22-13(9)4-16-11/h3-4,7-8,12H,1-2,5-6H2,(H,17,19)(H,20,21)/t8-,12?/m0/s1. The van der Waals surface area contributed by atoms with Gasteiger partial charge in [0.25, 0.3) is 5.91 Å². The van der Waals surface area contributed by atoms with Crippen LogP contribution < -0.4 is 5.32 Å². The molecule has 2 N–H and O–H groups in total. The van der Waals surface area contributed by atoms with Crippen molar-refractivity contribution < 1.29 is 19.1 Å². The third kappa shape index (κ3) is 2.05. The largest absolute Gasteiger partial charge is 0.478 e. The Balaban J connectivity index is 1.59. The van der Waals surface area contributed by atoms with Crippen LogP contribution in [-0.4, -0.2) is 52.5 Å². The Morgan fingerprint density at radius 2 is 2.27 bits per heavy atom. The van der Waals surface area contributed by atoms with E-state index in [4.69, 9.17) is 9.52 Å². The second kappa shape index (κ2) is 4.81. The number of aromatic carboxylic acids is 1. The topological polar surface area (TPSA) is 95.7 Å². The van der Waals surface area contributed by atoms with E-state index in [1.165, 1.54) is 18.5 Å². The van der Waals surface area contributed by atoms with E-state index in [1.54, 1.807) is 0 Å². The fourth-order valence-electron chi connectivity index (χ4n) is 3.41. The van der Waals surface area contributed by atoms with Gasteiger partial charge in [0, 0.05) is 24.5 Å². The number of hydrogen-bond donors (Lipinski definition) is 2. The average Bonchev–Trinajstić information content (AvgIpc) is 3.20. The molecular formula is C15H15N3O4. The first-order valence-electron chi connectivity index (χ1n) is 7.25. The Hall–Kier alpha value is -2.41. The van der Waals surface area contributed by atoms with Gasteiger partial charge in [-0.2, -0.15) is 0 Å². The van der Waals surface area contributed by atoms with Gasteiger partial charge in [-0.25, -0.2) is 9.78 Å². The average molecular weight is 301 g/mol. The van der Waals surface area contributed by atoms with E-state index in [0.29, 0.717) is 16.9 Å². The highest BCUT2D eigenvalue weighted by Gasteiger charge is 2.38. The van der Waals surface area contributed by atoms with E-state index in [0.717, 1.165) is 26.1 Å². The van der Waals surface area contributed by atoms with Crippen LogP contribution in [0.2, 0.25) is 0 Å². The van der Waals surface area contributed by atoms with Crippen molar-refractivity contribution in [2.45, 2.75) is 12.5 Å². The van der Waals surface area contributed by atoms with E-state index >= 15 is 0 Å². The van der Waals surface area contributed by atoms with Crippen LogP contribution in [0.5, 0.6) is 0 Å². The van der Waals surface area contributed by atoms with Crippen molar-refractivity contribution in [3.63, 3.8) is 0 Å². The van der Waals surface area contributed by atoms with E-state index in [-0.39, 0.29) is 23.2 Å². The van der Waals surface area contributed by atoms with E-state index < -0.39 is 5.97 Å². The highest BCUT2D eigenvalue weighted by molar-refractivity contribution is 6.04. The minimum absolute atomic E-state index is 0.0393. The van der Waals surface area contributed by atoms with Crippen molar-refractivity contribution in [1.29, 1.82) is 0 Å². The number of furan rings is 1. The summed E-state index contributed by atoms with van der Waals surface area (Å²) in [5, 5.41) is 12.5. The molecule has 2 unspecified atom stereocenters. The number of pyridine rings is 1. The molecule has 2 saturated heterocycles. The van der Waals surface area contributed by atoms with E-state index in [9.17, 15) is 9.59 Å². The summed E-state index contributed by atoms with van der Waals surface area (Å²) in [5.74, 6) is -0.841. The van der Waals surface area contributed by atoms with Gasteiger partial charge < -0.3 is 19.7 Å². The van der Waals surface area contributed by atoms with Crippen LogP contribution in [0.15, 0.2) is 22.9 Å². The fourth-order valence-corrected chi connectivity index (χ4v) is 3.41. The minimum atomic E-state index is -1.09. The lowest BCUT2D eigenvalue weighted by Gasteiger charge is -2.22. The second-order valence-electron chi connectivity index (χ2n) is 5.91. The number of rotatable bonds is 3. The lowest BCUT2D eigenvalue weighted by atomic mass is 10.00. The summed E-state index contributed by atoms with van der Waals surface area (Å²) in [6, 6.07) is 1.63. The smallest absolute Gasteiger partial charge is 0.339 e. The Morgan fingerprint density at radius 1 is 1.41 bits per heavy atom. The van der Waals surface area contributed by atoms with Gasteiger partial charge in [0.2, 0.25) is 0 Å². The second-order valence-corrected chi connectivity index (χ2v) is 5.91. The molecular weight excluding hydrogens is 286 g/mol. The Kier molecular flexibility index (Phi) is 2.90. The summed E-state index contributed by atoms with van der Waals surface area (Å²) in [7, 11) is 0. The molecule has 2 aromatic rings. The number of amides is 1. The van der Waals surface area contributed by atoms with Crippen molar-refractivity contribution in [2.75, 3.05) is 19.6 Å². The first-order valence-corrected chi connectivity index (χ1v) is 7.25. The summed E-state index contributed by atoms with van der Waals surface area (Å²) >= 11 is 0. The van der Waals surface area contributed by atoms with Crippen LogP contribution >= 0.6 is 0 Å². The van der Waals surface area contributed by atoms with Crippen molar-refractivity contribution in [3.05, 3.63) is 29.8 Å². The molecule has 1 amide bonds. The maximum absolute atomic E-state index is 12.4. The maximum Gasteiger partial charge on any atom is 0.339 e. The van der Waals surface area contributed by atoms with Gasteiger partial charge in [0.1, 0.15) is 17.5 Å². The van der Waals surface area contributed by atoms with Crippen LogP contribution in [-0.2, 0) is 0 Å². The Labute approximate surface area is 125 Å². The van der Waals surface area contributed by atoms with Gasteiger partial charge in [-0.15, -0.1) is 0 Å². The Morgan fingerprint density at radius 3 is 2.95 bits per heavy atom. The van der Waals surface area contributed by atoms with Gasteiger partial charge in [-0.3, -0.25) is 4.79 Å². The first kappa shape index (κ1) is 13.3. The molecule has 0 saturated carbocycles. The molecule has 2 bridgehead atoms. The molecule has 0 spiro atoms. The molecule has 3 atom stereocenters. The molecule has 0 radical (unpaired) electrons. The zero-order chi connectivity index (χ0) is 15.3. The molecule has 7 heteroatoms. The summed E-state index contributed by atoms with van der Waals surface area (Å²) in [6.45, 7) is 3.03. The summed E-state index contributed by atoms with van der Waals surface area (Å²) in [4.78, 5) is 29.9. The number of aromatic nitrogens is 1. The summed E-state index contributed by atoms with van der Waals surface area (Å²) in [6.07, 6.45) is 3.67. The van der Waals surface area contributed by atoms with E-state index in [2.05, 4.69) is 15.2 Å². The van der Waals surface area contributed by atoms with Gasteiger partial charge in [0.05, 0.1) is 6.20 Å². The molecule has 0 aromatic carbocycles. The van der Waals surface area contributed by atoms with Gasteiger partial charge >= 0.3 is 5.97 Å². The molecule has 114 valence electrons. The van der Waals surface area contributed by atoms with Gasteiger partial charge in [-0.05, 0) is 24.9 Å². The monoisotopic (exact) mass is 301 g/mol. The highest BCUT2D eigenvalue weighted by Crippen LogP contribution is 2.28. The van der Waals surface area contributed by atoms with Crippen molar-refractivity contribution in [2.24, 2.45) is 5.92 Å². The minimum Gasteiger partial charge on any atom is -0.478 e. The highest BCUT2D eigenvalue weighted by atomic mass is 16.4. The molecule has 0 aliphatic carbocycles. The lowest BCUT2D eigenvalue weighted by Crippen LogP contribution is -2.43. The SMILES string of the molecule is O=C(NC1CN2CC[C@H]1C2)c1cc2c(C(=O)O)coc2cn1. The number of nitrogens with zero attached hydrogens (tertiary/aromatic N) is 2. The van der Waals surface area contributed by atoms with Crippen molar-refractivity contribution in [1.82, 2.24) is 15.2 Å². The molecule has 2 aliphatic rings. The first-order chi connectivity index (χ1) is 10.6. The molecule has 2 aromatic heterocycles. The van der Waals surface area contributed by atoms with Crippen molar-refractivity contribution in [3.8, 4) is 0 Å². The number of carboxylic acids is 1. The summed E-state index contributed by atoms with van der Waals surface area (Å²) in [5.41, 5.74) is 0.617. The number of piperidine rings is 1. The molecule has 2 aliphatic heterocycles. The van der Waals surface area contributed by atoms with Crippen LogP contribution in [0.1, 0.15) is 27.3 Å². The zero-order valence-corrected chi connectivity index (χ0v) is 11.8. The predicted molar refractivity (Wildman–Crippen MR) is 76.8 cm³/mol. The predicted octanol–water partition coefficient (Wildman–Crippen LogP) is 0.960. The normalized spacial score (nSPS) is 26.5. The Bertz CT molecular complexity index is 769. The van der Waals surface area contributed by atoms with Gasteiger partial charge in [0.15, 0.2) is 5.58 Å². The molecule has 7 nitrogen and oxygen atoms in total. The third-order valence-corrected chi connectivity index (χ3v) is 4.57. The number of hydrogen-bond acceptors (Lipinski definition) is 5. The molecule has 22 heavy (non-hydrogen) atoms. The number of carbonyl (C=O) groups excluding carboxylic acids is 1. The van der Waals surface area contributed by atoms with Crippen LogP contribution in [0.3, 0.4) is 0 Å². The maximum atomic E-state index is 12.4. The molecule has 2 fully saturated rings. The number of carboxylic acid groups (broad SMARTS) is 1. The van der Waals surface area contributed by atoms with Crippen LogP contribution in [0.4, 0.5) is 0 Å². The van der Waals surface area contributed by atoms with Gasteiger partial charge in [-0.1, -0.05) is 0 Å². The number of carbonyl (C=O) groups is 2. The van der Waals surface area contributed by atoms with Crippen molar-refractivity contribution >= 4 is 22.8 Å².